The van der Waals surface area contributed by atoms with Crippen LogP contribution in [-0.2, 0) is 0 Å². The van der Waals surface area contributed by atoms with Crippen LogP contribution in [0.4, 0.5) is 5.69 Å². The van der Waals surface area contributed by atoms with Crippen molar-refractivity contribution < 1.29 is 0 Å². The van der Waals surface area contributed by atoms with Gasteiger partial charge < -0.3 is 10.6 Å². The maximum Gasteiger partial charge on any atom is 0.0457 e. The first-order valence-corrected chi connectivity index (χ1v) is 5.88. The highest BCUT2D eigenvalue weighted by Crippen LogP contribution is 2.41. The monoisotopic (exact) mass is 208 g/mol. The van der Waals surface area contributed by atoms with E-state index in [0.29, 0.717) is 11.3 Å². The summed E-state index contributed by atoms with van der Waals surface area (Å²) in [4.78, 5) is 2.11. The Hall–Kier alpha value is -0.670. The molecule has 3 heteroatoms. The van der Waals surface area contributed by atoms with Gasteiger partial charge >= 0.3 is 0 Å². The van der Waals surface area contributed by atoms with Crippen LogP contribution in [0.3, 0.4) is 0 Å². The Bertz CT molecular complexity index is 308. The van der Waals surface area contributed by atoms with Gasteiger partial charge in [-0.15, -0.1) is 0 Å². The second-order valence-corrected chi connectivity index (χ2v) is 5.08. The molecule has 1 saturated heterocycles. The van der Waals surface area contributed by atoms with Crippen LogP contribution in [0.5, 0.6) is 0 Å². The number of benzene rings is 1. The fourth-order valence-corrected chi connectivity index (χ4v) is 2.57. The van der Waals surface area contributed by atoms with Crippen molar-refractivity contribution in [3.63, 3.8) is 0 Å². The molecule has 0 aliphatic carbocycles. The number of thioether (sulfide) groups is 1. The molecular weight excluding hydrogens is 192 g/mol. The molecule has 0 radical (unpaired) electrons. The van der Waals surface area contributed by atoms with Crippen LogP contribution in [0, 0.1) is 0 Å². The van der Waals surface area contributed by atoms with Crippen molar-refractivity contribution in [2.75, 3.05) is 24.7 Å². The van der Waals surface area contributed by atoms with Crippen LogP contribution in [0.25, 0.3) is 0 Å². The standard InChI is InChI=1S/C11H16N2S/c1-13(2)9-5-3-8(4-6-9)11-10(12)7-14-11/h3-6,10-11H,7,12H2,1-2H3. The highest BCUT2D eigenvalue weighted by Gasteiger charge is 2.29. The van der Waals surface area contributed by atoms with Crippen molar-refractivity contribution in [3.8, 4) is 0 Å². The molecule has 14 heavy (non-hydrogen) atoms. The normalized spacial score (nSPS) is 25.6. The largest absolute Gasteiger partial charge is 0.378 e. The summed E-state index contributed by atoms with van der Waals surface area (Å²) in [5, 5.41) is 0.520. The molecule has 2 nitrogen and oxygen atoms in total. The Kier molecular flexibility index (Phi) is 2.70. The van der Waals surface area contributed by atoms with Gasteiger partial charge in [0, 0.05) is 36.8 Å². The second kappa shape index (κ2) is 3.83. The van der Waals surface area contributed by atoms with E-state index in [2.05, 4.69) is 43.3 Å². The second-order valence-electron chi connectivity index (χ2n) is 3.90. The maximum absolute atomic E-state index is 5.92. The first kappa shape index (κ1) is 9.87. The highest BCUT2D eigenvalue weighted by atomic mass is 32.2. The number of nitrogens with zero attached hydrogens (tertiary/aromatic N) is 1. The van der Waals surface area contributed by atoms with Crippen LogP contribution < -0.4 is 10.6 Å². The molecule has 2 unspecified atom stereocenters. The lowest BCUT2D eigenvalue weighted by atomic mass is 10.1. The summed E-state index contributed by atoms with van der Waals surface area (Å²) in [5.74, 6) is 1.10. The van der Waals surface area contributed by atoms with E-state index in [-0.39, 0.29) is 0 Å². The lowest BCUT2D eigenvalue weighted by Crippen LogP contribution is -2.37. The van der Waals surface area contributed by atoms with Gasteiger partial charge in [-0.1, -0.05) is 12.1 Å². The molecule has 2 rings (SSSR count). The van der Waals surface area contributed by atoms with E-state index >= 15 is 0 Å². The molecule has 2 N–H and O–H groups in total. The molecule has 2 atom stereocenters. The minimum atomic E-state index is 0.352. The van der Waals surface area contributed by atoms with Gasteiger partial charge in [0.2, 0.25) is 0 Å². The van der Waals surface area contributed by atoms with Gasteiger partial charge in [-0.25, -0.2) is 0 Å². The topological polar surface area (TPSA) is 29.3 Å². The zero-order valence-electron chi connectivity index (χ0n) is 8.60. The lowest BCUT2D eigenvalue weighted by Gasteiger charge is -2.33. The molecule has 1 aliphatic rings. The van der Waals surface area contributed by atoms with Crippen molar-refractivity contribution in [1.29, 1.82) is 0 Å². The van der Waals surface area contributed by atoms with Gasteiger partial charge in [0.1, 0.15) is 0 Å². The van der Waals surface area contributed by atoms with Gasteiger partial charge in [-0.2, -0.15) is 11.8 Å². The van der Waals surface area contributed by atoms with E-state index < -0.39 is 0 Å². The number of rotatable bonds is 2. The molecule has 1 aromatic rings. The fraction of sp³-hybridized carbons (Fsp3) is 0.455. The third-order valence-corrected chi connectivity index (χ3v) is 4.15. The van der Waals surface area contributed by atoms with Crippen molar-refractivity contribution in [3.05, 3.63) is 29.8 Å². The zero-order chi connectivity index (χ0) is 10.1. The SMILES string of the molecule is CN(C)c1ccc(C2SCC2N)cc1. The predicted octanol–water partition coefficient (Wildman–Crippen LogP) is 1.87. The first-order chi connectivity index (χ1) is 6.68. The smallest absolute Gasteiger partial charge is 0.0457 e. The average molecular weight is 208 g/mol. The summed E-state index contributed by atoms with van der Waals surface area (Å²) in [7, 11) is 4.11. The van der Waals surface area contributed by atoms with Gasteiger partial charge in [0.15, 0.2) is 0 Å². The van der Waals surface area contributed by atoms with Crippen LogP contribution in [0.2, 0.25) is 0 Å². The van der Waals surface area contributed by atoms with Crippen molar-refractivity contribution in [1.82, 2.24) is 0 Å². The molecule has 1 aromatic carbocycles. The van der Waals surface area contributed by atoms with Crippen molar-refractivity contribution in [2.24, 2.45) is 5.73 Å². The van der Waals surface area contributed by atoms with Crippen molar-refractivity contribution >= 4 is 17.4 Å². The Balaban J connectivity index is 2.13. The Labute approximate surface area is 89.5 Å². The zero-order valence-corrected chi connectivity index (χ0v) is 9.42. The van der Waals surface area contributed by atoms with E-state index in [1.54, 1.807) is 0 Å². The maximum atomic E-state index is 5.92. The van der Waals surface area contributed by atoms with E-state index in [0.717, 1.165) is 5.75 Å². The third-order valence-electron chi connectivity index (χ3n) is 2.60. The van der Waals surface area contributed by atoms with Crippen LogP contribution >= 0.6 is 11.8 Å². The summed E-state index contributed by atoms with van der Waals surface area (Å²) in [6.07, 6.45) is 0. The Morgan fingerprint density at radius 1 is 1.29 bits per heavy atom. The molecule has 0 amide bonds. The molecule has 1 fully saturated rings. The summed E-state index contributed by atoms with van der Waals surface area (Å²) in [6.45, 7) is 0. The first-order valence-electron chi connectivity index (χ1n) is 4.83. The van der Waals surface area contributed by atoms with Crippen LogP contribution in [0.15, 0.2) is 24.3 Å². The molecule has 0 spiro atoms. The molecule has 1 aliphatic heterocycles. The third kappa shape index (κ3) is 1.74. The molecule has 0 aromatic heterocycles. The lowest BCUT2D eigenvalue weighted by molar-refractivity contribution is 0.687. The molecule has 1 heterocycles. The molecule has 0 saturated carbocycles. The quantitative estimate of drug-likeness (QED) is 0.804. The van der Waals surface area contributed by atoms with E-state index in [9.17, 15) is 0 Å². The molecule has 76 valence electrons. The highest BCUT2D eigenvalue weighted by molar-refractivity contribution is 8.01. The summed E-state index contributed by atoms with van der Waals surface area (Å²) in [5.41, 5.74) is 8.52. The van der Waals surface area contributed by atoms with Crippen LogP contribution in [0.1, 0.15) is 10.8 Å². The van der Waals surface area contributed by atoms with E-state index in [4.69, 9.17) is 5.73 Å². The number of hydrogen-bond donors (Lipinski definition) is 1. The number of nitrogens with two attached hydrogens (primary N) is 1. The van der Waals surface area contributed by atoms with Gasteiger partial charge in [0.05, 0.1) is 0 Å². The minimum absolute atomic E-state index is 0.352. The van der Waals surface area contributed by atoms with Crippen molar-refractivity contribution in [2.45, 2.75) is 11.3 Å². The van der Waals surface area contributed by atoms with Gasteiger partial charge in [0.25, 0.3) is 0 Å². The number of hydrogen-bond acceptors (Lipinski definition) is 3. The molecular formula is C11H16N2S. The summed E-state index contributed by atoms with van der Waals surface area (Å²) in [6, 6.07) is 9.03. The minimum Gasteiger partial charge on any atom is -0.378 e. The average Bonchev–Trinajstić information content (AvgIpc) is 2.16. The Morgan fingerprint density at radius 2 is 1.93 bits per heavy atom. The fourth-order valence-electron chi connectivity index (χ4n) is 1.61. The number of anilines is 1. The predicted molar refractivity (Wildman–Crippen MR) is 63.9 cm³/mol. The summed E-state index contributed by atoms with van der Waals surface area (Å²) < 4.78 is 0. The van der Waals surface area contributed by atoms with Gasteiger partial charge in [-0.3, -0.25) is 0 Å². The Morgan fingerprint density at radius 3 is 2.29 bits per heavy atom. The summed E-state index contributed by atoms with van der Waals surface area (Å²) >= 11 is 1.94. The molecule has 0 bridgehead atoms. The van der Waals surface area contributed by atoms with E-state index in [1.165, 1.54) is 11.3 Å². The van der Waals surface area contributed by atoms with E-state index in [1.807, 2.05) is 11.8 Å². The van der Waals surface area contributed by atoms with Gasteiger partial charge in [-0.05, 0) is 17.7 Å². The van der Waals surface area contributed by atoms with Crippen LogP contribution in [-0.4, -0.2) is 25.9 Å².